The second-order valence-electron chi connectivity index (χ2n) is 9.38. The molecule has 1 saturated heterocycles. The Hall–Kier alpha value is -0.603. The predicted molar refractivity (Wildman–Crippen MR) is 96.6 cm³/mol. The fourth-order valence-electron chi connectivity index (χ4n) is 5.65. The Morgan fingerprint density at radius 3 is 2.05 bits per heavy atom. The van der Waals surface area contributed by atoms with E-state index in [1.54, 1.807) is 0 Å². The standard InChI is InChI=1S/C20H32OSi/c1-19(2,3)22(20(4,5)6)18(15-11-8-7-9-12-15)16-13-10-14-17(16)21-22/h7-9,11-12,16-18H,10,13-14H2,1-6H3/t16-,17+,18-/m0/s1. The number of benzene rings is 1. The Labute approximate surface area is 137 Å². The molecule has 0 radical (unpaired) electrons. The normalized spacial score (nSPS) is 31.3. The minimum atomic E-state index is -2.00. The molecule has 1 aliphatic carbocycles. The van der Waals surface area contributed by atoms with E-state index in [0.29, 0.717) is 11.6 Å². The second-order valence-corrected chi connectivity index (χ2v) is 14.7. The molecule has 1 aromatic carbocycles. The van der Waals surface area contributed by atoms with Crippen LogP contribution in [0.1, 0.15) is 71.9 Å². The molecule has 1 aliphatic heterocycles. The van der Waals surface area contributed by atoms with Gasteiger partial charge in [0.25, 0.3) is 0 Å². The van der Waals surface area contributed by atoms with Gasteiger partial charge in [-0.05, 0) is 34.4 Å². The monoisotopic (exact) mass is 316 g/mol. The van der Waals surface area contributed by atoms with Gasteiger partial charge in [-0.25, -0.2) is 0 Å². The van der Waals surface area contributed by atoms with Gasteiger partial charge in [0.15, 0.2) is 0 Å². The van der Waals surface area contributed by atoms with Gasteiger partial charge < -0.3 is 4.43 Å². The molecule has 3 rings (SSSR count). The summed E-state index contributed by atoms with van der Waals surface area (Å²) in [5.74, 6) is 0.743. The zero-order valence-corrected chi connectivity index (χ0v) is 16.1. The average molecular weight is 317 g/mol. The highest BCUT2D eigenvalue weighted by atomic mass is 28.4. The van der Waals surface area contributed by atoms with Gasteiger partial charge in [0.2, 0.25) is 8.32 Å². The van der Waals surface area contributed by atoms with E-state index in [1.165, 1.54) is 24.8 Å². The molecule has 0 amide bonds. The van der Waals surface area contributed by atoms with Crippen molar-refractivity contribution in [2.75, 3.05) is 0 Å². The van der Waals surface area contributed by atoms with E-state index in [1.807, 2.05) is 0 Å². The van der Waals surface area contributed by atoms with Crippen LogP contribution < -0.4 is 0 Å². The third-order valence-electron chi connectivity index (χ3n) is 6.09. The maximum atomic E-state index is 7.11. The van der Waals surface area contributed by atoms with Crippen molar-refractivity contribution in [3.63, 3.8) is 0 Å². The van der Waals surface area contributed by atoms with E-state index in [4.69, 9.17) is 4.43 Å². The number of fused-ring (bicyclic) bond motifs is 1. The van der Waals surface area contributed by atoms with Crippen LogP contribution in [0, 0.1) is 5.92 Å². The summed E-state index contributed by atoms with van der Waals surface area (Å²) in [4.78, 5) is 0. The molecule has 1 aromatic rings. The Morgan fingerprint density at radius 2 is 1.50 bits per heavy atom. The minimum Gasteiger partial charge on any atom is -0.412 e. The highest BCUT2D eigenvalue weighted by Crippen LogP contribution is 2.66. The smallest absolute Gasteiger partial charge is 0.211 e. The molecule has 0 unspecified atom stereocenters. The molecule has 0 bridgehead atoms. The largest absolute Gasteiger partial charge is 0.412 e. The SMILES string of the molecule is CC(C)(C)[Si]1(C(C)(C)C)O[C@@H]2CCC[C@@H]2[C@@H]1c1ccccc1. The molecular weight excluding hydrogens is 284 g/mol. The first-order chi connectivity index (χ1) is 10.2. The lowest BCUT2D eigenvalue weighted by Crippen LogP contribution is -2.57. The zero-order valence-electron chi connectivity index (χ0n) is 15.1. The van der Waals surface area contributed by atoms with Crippen molar-refractivity contribution in [1.82, 2.24) is 0 Å². The quantitative estimate of drug-likeness (QED) is 0.573. The van der Waals surface area contributed by atoms with Crippen molar-refractivity contribution in [2.45, 2.75) is 82.5 Å². The number of hydrogen-bond acceptors (Lipinski definition) is 1. The molecule has 2 heteroatoms. The molecule has 3 atom stereocenters. The molecule has 0 spiro atoms. The molecule has 22 heavy (non-hydrogen) atoms. The van der Waals surface area contributed by atoms with Crippen LogP contribution in [0.5, 0.6) is 0 Å². The van der Waals surface area contributed by atoms with Crippen LogP contribution in [0.3, 0.4) is 0 Å². The van der Waals surface area contributed by atoms with Crippen LogP contribution in [-0.4, -0.2) is 14.4 Å². The maximum absolute atomic E-state index is 7.11. The van der Waals surface area contributed by atoms with E-state index in [9.17, 15) is 0 Å². The highest BCUT2D eigenvalue weighted by molar-refractivity contribution is 6.81. The van der Waals surface area contributed by atoms with E-state index >= 15 is 0 Å². The summed E-state index contributed by atoms with van der Waals surface area (Å²) in [7, 11) is -2.00. The van der Waals surface area contributed by atoms with Crippen molar-refractivity contribution in [2.24, 2.45) is 5.92 Å². The third kappa shape index (κ3) is 2.22. The van der Waals surface area contributed by atoms with Crippen molar-refractivity contribution in [3.05, 3.63) is 35.9 Å². The van der Waals surface area contributed by atoms with Crippen LogP contribution in [0.4, 0.5) is 0 Å². The number of rotatable bonds is 1. The van der Waals surface area contributed by atoms with Gasteiger partial charge in [-0.1, -0.05) is 78.3 Å². The van der Waals surface area contributed by atoms with Gasteiger partial charge in [-0.15, -0.1) is 0 Å². The van der Waals surface area contributed by atoms with Gasteiger partial charge in [0.05, 0.1) is 0 Å². The van der Waals surface area contributed by atoms with E-state index < -0.39 is 8.32 Å². The first-order valence-electron chi connectivity index (χ1n) is 8.91. The molecule has 2 fully saturated rings. The molecule has 1 nitrogen and oxygen atoms in total. The number of hydrogen-bond donors (Lipinski definition) is 0. The average Bonchev–Trinajstić information content (AvgIpc) is 2.95. The van der Waals surface area contributed by atoms with Crippen molar-refractivity contribution >= 4 is 8.32 Å². The van der Waals surface area contributed by atoms with Crippen molar-refractivity contribution < 1.29 is 4.43 Å². The first kappa shape index (κ1) is 16.3. The summed E-state index contributed by atoms with van der Waals surface area (Å²) in [5.41, 5.74) is 2.18. The molecule has 0 aromatic heterocycles. The fourth-order valence-corrected chi connectivity index (χ4v) is 13.0. The Balaban J connectivity index is 2.19. The van der Waals surface area contributed by atoms with E-state index in [2.05, 4.69) is 71.9 Å². The summed E-state index contributed by atoms with van der Waals surface area (Å²) < 4.78 is 7.11. The van der Waals surface area contributed by atoms with Crippen molar-refractivity contribution in [3.8, 4) is 0 Å². The van der Waals surface area contributed by atoms with Gasteiger partial charge in [-0.3, -0.25) is 0 Å². The summed E-state index contributed by atoms with van der Waals surface area (Å²) in [6.45, 7) is 14.6. The lowest BCUT2D eigenvalue weighted by Gasteiger charge is -2.52. The van der Waals surface area contributed by atoms with Crippen LogP contribution in [-0.2, 0) is 4.43 Å². The van der Waals surface area contributed by atoms with E-state index in [0.717, 1.165) is 5.92 Å². The molecule has 1 saturated carbocycles. The highest BCUT2D eigenvalue weighted by Gasteiger charge is 2.68. The molecule has 0 N–H and O–H groups in total. The van der Waals surface area contributed by atoms with Gasteiger partial charge in [0.1, 0.15) is 0 Å². The van der Waals surface area contributed by atoms with Crippen molar-refractivity contribution in [1.29, 1.82) is 0 Å². The maximum Gasteiger partial charge on any atom is 0.211 e. The van der Waals surface area contributed by atoms with Crippen LogP contribution >= 0.6 is 0 Å². The molecule has 122 valence electrons. The Kier molecular flexibility index (Phi) is 3.85. The minimum absolute atomic E-state index is 0.246. The van der Waals surface area contributed by atoms with Crippen LogP contribution in [0.2, 0.25) is 10.1 Å². The molecule has 1 heterocycles. The Morgan fingerprint density at radius 1 is 0.909 bits per heavy atom. The lowest BCUT2D eigenvalue weighted by atomic mass is 9.95. The second kappa shape index (κ2) is 5.21. The Bertz CT molecular complexity index is 509. The zero-order chi connectivity index (χ0) is 16.2. The van der Waals surface area contributed by atoms with Gasteiger partial charge in [-0.2, -0.15) is 0 Å². The lowest BCUT2D eigenvalue weighted by molar-refractivity contribution is 0.179. The summed E-state index contributed by atoms with van der Waals surface area (Å²) >= 11 is 0. The summed E-state index contributed by atoms with van der Waals surface area (Å²) in [6.07, 6.45) is 4.48. The summed E-state index contributed by atoms with van der Waals surface area (Å²) in [5, 5.41) is 0.492. The van der Waals surface area contributed by atoms with E-state index in [-0.39, 0.29) is 10.1 Å². The molecular formula is C20H32OSi. The third-order valence-corrected chi connectivity index (χ3v) is 12.9. The predicted octanol–water partition coefficient (Wildman–Crippen LogP) is 6.05. The topological polar surface area (TPSA) is 9.23 Å². The summed E-state index contributed by atoms with van der Waals surface area (Å²) in [6, 6.07) is 11.3. The molecule has 2 aliphatic rings. The van der Waals surface area contributed by atoms with Gasteiger partial charge in [0, 0.05) is 11.6 Å². The van der Waals surface area contributed by atoms with Gasteiger partial charge >= 0.3 is 0 Å². The van der Waals surface area contributed by atoms with Crippen LogP contribution in [0.15, 0.2) is 30.3 Å². The first-order valence-corrected chi connectivity index (χ1v) is 10.9. The van der Waals surface area contributed by atoms with Crippen LogP contribution in [0.25, 0.3) is 0 Å². The fraction of sp³-hybridized carbons (Fsp3) is 0.700.